The van der Waals surface area contributed by atoms with Crippen LogP contribution < -0.4 is 9.47 Å². The molecule has 0 bridgehead atoms. The molecule has 0 radical (unpaired) electrons. The molecule has 3 rings (SSSR count). The maximum atomic E-state index is 12.8. The summed E-state index contributed by atoms with van der Waals surface area (Å²) in [6, 6.07) is 17.6. The van der Waals surface area contributed by atoms with Gasteiger partial charge in [0, 0.05) is 19.6 Å². The molecule has 0 spiro atoms. The van der Waals surface area contributed by atoms with Crippen molar-refractivity contribution < 1.29 is 14.3 Å². The number of rotatable bonds is 5. The number of amides is 1. The van der Waals surface area contributed by atoms with Crippen LogP contribution in [0.4, 0.5) is 0 Å². The number of piperazine rings is 1. The molecule has 0 aromatic heterocycles. The largest absolute Gasteiger partial charge is 0.493 e. The van der Waals surface area contributed by atoms with Gasteiger partial charge in [0.1, 0.15) is 0 Å². The van der Waals surface area contributed by atoms with Crippen LogP contribution in [0.15, 0.2) is 54.6 Å². The second-order valence-corrected chi connectivity index (χ2v) is 6.22. The highest BCUT2D eigenvalue weighted by atomic mass is 16.5. The van der Waals surface area contributed by atoms with Crippen LogP contribution in [0, 0.1) is 0 Å². The standard InChI is InChI=1S/C20H24N2O3/c1-21-12-13-22(17(14-21)16-8-4-3-5-9-16)20(23)15-25-19-11-7-6-10-18(19)24-2/h3-11,17H,12-15H2,1-2H3. The Morgan fingerprint density at radius 1 is 1.04 bits per heavy atom. The van der Waals surface area contributed by atoms with Gasteiger partial charge in [-0.15, -0.1) is 0 Å². The summed E-state index contributed by atoms with van der Waals surface area (Å²) in [6.45, 7) is 2.39. The van der Waals surface area contributed by atoms with E-state index in [9.17, 15) is 4.79 Å². The molecule has 1 fully saturated rings. The summed E-state index contributed by atoms with van der Waals surface area (Å²) >= 11 is 0. The highest BCUT2D eigenvalue weighted by Gasteiger charge is 2.30. The minimum atomic E-state index is -0.00661. The van der Waals surface area contributed by atoms with Crippen LogP contribution in [-0.2, 0) is 4.79 Å². The molecule has 5 nitrogen and oxygen atoms in total. The van der Waals surface area contributed by atoms with Gasteiger partial charge >= 0.3 is 0 Å². The minimum absolute atomic E-state index is 0.00661. The Kier molecular flexibility index (Phi) is 5.56. The predicted molar refractivity (Wildman–Crippen MR) is 96.9 cm³/mol. The molecule has 1 aliphatic rings. The normalized spacial score (nSPS) is 18.0. The number of benzene rings is 2. The summed E-state index contributed by atoms with van der Waals surface area (Å²) in [7, 11) is 3.68. The van der Waals surface area contributed by atoms with Gasteiger partial charge in [0.2, 0.25) is 0 Å². The van der Waals surface area contributed by atoms with E-state index < -0.39 is 0 Å². The molecule has 132 valence electrons. The van der Waals surface area contributed by atoms with Crippen LogP contribution in [0.3, 0.4) is 0 Å². The second kappa shape index (κ2) is 8.03. The minimum Gasteiger partial charge on any atom is -0.493 e. The lowest BCUT2D eigenvalue weighted by Crippen LogP contribution is -2.50. The number of nitrogens with zero attached hydrogens (tertiary/aromatic N) is 2. The van der Waals surface area contributed by atoms with Crippen molar-refractivity contribution in [1.82, 2.24) is 9.80 Å². The molecule has 5 heteroatoms. The summed E-state index contributed by atoms with van der Waals surface area (Å²) in [5, 5.41) is 0. The lowest BCUT2D eigenvalue weighted by molar-refractivity contribution is -0.138. The highest BCUT2D eigenvalue weighted by molar-refractivity contribution is 5.78. The Morgan fingerprint density at radius 3 is 2.44 bits per heavy atom. The van der Waals surface area contributed by atoms with Crippen molar-refractivity contribution in [3.8, 4) is 11.5 Å². The van der Waals surface area contributed by atoms with E-state index in [1.165, 1.54) is 0 Å². The molecule has 1 amide bonds. The average molecular weight is 340 g/mol. The van der Waals surface area contributed by atoms with Crippen molar-refractivity contribution >= 4 is 5.91 Å². The first-order valence-electron chi connectivity index (χ1n) is 8.48. The van der Waals surface area contributed by atoms with Gasteiger partial charge in [-0.25, -0.2) is 0 Å². The number of hydrogen-bond donors (Lipinski definition) is 0. The fourth-order valence-corrected chi connectivity index (χ4v) is 3.14. The Labute approximate surface area is 148 Å². The molecule has 1 unspecified atom stereocenters. The third-order valence-electron chi connectivity index (χ3n) is 4.51. The smallest absolute Gasteiger partial charge is 0.261 e. The van der Waals surface area contributed by atoms with E-state index in [4.69, 9.17) is 9.47 Å². The van der Waals surface area contributed by atoms with Gasteiger partial charge in [-0.3, -0.25) is 4.79 Å². The third-order valence-corrected chi connectivity index (χ3v) is 4.51. The number of para-hydroxylation sites is 2. The van der Waals surface area contributed by atoms with Gasteiger partial charge in [0.25, 0.3) is 5.91 Å². The molecule has 1 atom stereocenters. The summed E-state index contributed by atoms with van der Waals surface area (Å²) in [6.07, 6.45) is 0. The quantitative estimate of drug-likeness (QED) is 0.839. The number of carbonyl (C=O) groups is 1. The Hall–Kier alpha value is -2.53. The monoisotopic (exact) mass is 340 g/mol. The maximum Gasteiger partial charge on any atom is 0.261 e. The highest BCUT2D eigenvalue weighted by Crippen LogP contribution is 2.27. The Bertz CT molecular complexity index is 705. The molecular weight excluding hydrogens is 316 g/mol. The zero-order chi connectivity index (χ0) is 17.6. The number of likely N-dealkylation sites (N-methyl/N-ethyl adjacent to an activating group) is 1. The summed E-state index contributed by atoms with van der Waals surface area (Å²) in [5.41, 5.74) is 1.15. The van der Waals surface area contributed by atoms with Crippen molar-refractivity contribution in [1.29, 1.82) is 0 Å². The van der Waals surface area contributed by atoms with Crippen molar-refractivity contribution in [3.63, 3.8) is 0 Å². The Morgan fingerprint density at radius 2 is 1.72 bits per heavy atom. The van der Waals surface area contributed by atoms with Crippen LogP contribution in [0.2, 0.25) is 0 Å². The molecular formula is C20H24N2O3. The molecule has 0 saturated carbocycles. The molecule has 2 aromatic rings. The van der Waals surface area contributed by atoms with Crippen LogP contribution in [0.25, 0.3) is 0 Å². The van der Waals surface area contributed by atoms with Gasteiger partial charge < -0.3 is 19.3 Å². The molecule has 25 heavy (non-hydrogen) atoms. The molecule has 0 N–H and O–H groups in total. The van der Waals surface area contributed by atoms with E-state index in [2.05, 4.69) is 24.1 Å². The fraction of sp³-hybridized carbons (Fsp3) is 0.350. The third kappa shape index (κ3) is 4.12. The van der Waals surface area contributed by atoms with E-state index in [0.717, 1.165) is 18.7 Å². The Balaban J connectivity index is 1.71. The summed E-state index contributed by atoms with van der Waals surface area (Å²) in [4.78, 5) is 17.0. The summed E-state index contributed by atoms with van der Waals surface area (Å²) < 4.78 is 11.0. The number of ether oxygens (including phenoxy) is 2. The van der Waals surface area contributed by atoms with Crippen molar-refractivity contribution in [2.24, 2.45) is 0 Å². The van der Waals surface area contributed by atoms with Gasteiger partial charge in [-0.2, -0.15) is 0 Å². The van der Waals surface area contributed by atoms with Gasteiger partial charge in [0.05, 0.1) is 13.2 Å². The topological polar surface area (TPSA) is 42.0 Å². The average Bonchev–Trinajstić information content (AvgIpc) is 2.67. The first-order valence-corrected chi connectivity index (χ1v) is 8.48. The summed E-state index contributed by atoms with van der Waals surface area (Å²) in [5.74, 6) is 1.21. The van der Waals surface area contributed by atoms with Crippen molar-refractivity contribution in [2.75, 3.05) is 40.4 Å². The number of carbonyl (C=O) groups excluding carboxylic acids is 1. The number of hydrogen-bond acceptors (Lipinski definition) is 4. The van der Waals surface area contributed by atoms with Crippen LogP contribution in [-0.4, -0.2) is 56.1 Å². The first kappa shape index (κ1) is 17.3. The van der Waals surface area contributed by atoms with E-state index >= 15 is 0 Å². The lowest BCUT2D eigenvalue weighted by Gasteiger charge is -2.40. The van der Waals surface area contributed by atoms with Gasteiger partial charge in [0.15, 0.2) is 18.1 Å². The first-order chi connectivity index (χ1) is 12.2. The van der Waals surface area contributed by atoms with Gasteiger partial charge in [-0.1, -0.05) is 42.5 Å². The molecule has 2 aromatic carbocycles. The van der Waals surface area contributed by atoms with E-state index in [0.29, 0.717) is 18.0 Å². The second-order valence-electron chi connectivity index (χ2n) is 6.22. The van der Waals surface area contributed by atoms with Crippen molar-refractivity contribution in [3.05, 3.63) is 60.2 Å². The molecule has 1 aliphatic heterocycles. The SMILES string of the molecule is COc1ccccc1OCC(=O)N1CCN(C)CC1c1ccccc1. The van der Waals surface area contributed by atoms with Crippen LogP contribution >= 0.6 is 0 Å². The van der Waals surface area contributed by atoms with Crippen LogP contribution in [0.1, 0.15) is 11.6 Å². The maximum absolute atomic E-state index is 12.8. The van der Waals surface area contributed by atoms with Crippen molar-refractivity contribution in [2.45, 2.75) is 6.04 Å². The van der Waals surface area contributed by atoms with Gasteiger partial charge in [-0.05, 0) is 24.7 Å². The van der Waals surface area contributed by atoms with E-state index in [1.54, 1.807) is 7.11 Å². The predicted octanol–water partition coefficient (Wildman–Crippen LogP) is 2.59. The zero-order valence-corrected chi connectivity index (χ0v) is 14.7. The molecule has 1 saturated heterocycles. The zero-order valence-electron chi connectivity index (χ0n) is 14.7. The van der Waals surface area contributed by atoms with E-state index in [-0.39, 0.29) is 18.6 Å². The molecule has 1 heterocycles. The van der Waals surface area contributed by atoms with E-state index in [1.807, 2.05) is 47.4 Å². The lowest BCUT2D eigenvalue weighted by atomic mass is 10.0. The molecule has 0 aliphatic carbocycles. The van der Waals surface area contributed by atoms with Crippen LogP contribution in [0.5, 0.6) is 11.5 Å². The fourth-order valence-electron chi connectivity index (χ4n) is 3.14. The number of methoxy groups -OCH3 is 1.